The van der Waals surface area contributed by atoms with Crippen molar-refractivity contribution >= 4 is 28.3 Å². The van der Waals surface area contributed by atoms with Gasteiger partial charge in [-0.05, 0) is 36.3 Å². The van der Waals surface area contributed by atoms with Gasteiger partial charge < -0.3 is 15.2 Å². The number of aromatic nitrogens is 2. The Balaban J connectivity index is 1.48. The molecule has 0 saturated carbocycles. The lowest BCUT2D eigenvalue weighted by Crippen LogP contribution is -2.38. The summed E-state index contributed by atoms with van der Waals surface area (Å²) in [5.74, 6) is -0.435. The predicted molar refractivity (Wildman–Crippen MR) is 95.7 cm³/mol. The molecule has 25 heavy (non-hydrogen) atoms. The van der Waals surface area contributed by atoms with E-state index in [0.717, 1.165) is 23.0 Å². The number of H-pyrrole nitrogens is 1. The number of amides is 2. The molecule has 0 bridgehead atoms. The molecule has 0 saturated heterocycles. The molecule has 1 aliphatic rings. The summed E-state index contributed by atoms with van der Waals surface area (Å²) in [5.41, 5.74) is 3.37. The van der Waals surface area contributed by atoms with Crippen molar-refractivity contribution in [3.63, 3.8) is 0 Å². The Morgan fingerprint density at radius 3 is 2.92 bits per heavy atom. The summed E-state index contributed by atoms with van der Waals surface area (Å²) in [6, 6.07) is 9.82. The van der Waals surface area contributed by atoms with Crippen molar-refractivity contribution in [3.05, 3.63) is 66.2 Å². The average Bonchev–Trinajstić information content (AvgIpc) is 3.08. The molecule has 2 aromatic heterocycles. The quantitative estimate of drug-likeness (QED) is 0.742. The maximum absolute atomic E-state index is 13.7. The Hall–Kier alpha value is -3.15. The van der Waals surface area contributed by atoms with Gasteiger partial charge in [0, 0.05) is 36.4 Å². The first kappa shape index (κ1) is 15.4. The van der Waals surface area contributed by atoms with Crippen LogP contribution in [0.3, 0.4) is 0 Å². The number of anilines is 1. The number of pyridine rings is 1. The zero-order chi connectivity index (χ0) is 17.2. The van der Waals surface area contributed by atoms with Gasteiger partial charge in [-0.2, -0.15) is 0 Å². The van der Waals surface area contributed by atoms with E-state index < -0.39 is 5.82 Å². The van der Waals surface area contributed by atoms with Crippen molar-refractivity contribution in [2.24, 2.45) is 0 Å². The number of hydrogen-bond donors (Lipinski definition) is 2. The summed E-state index contributed by atoms with van der Waals surface area (Å²) in [7, 11) is 0. The Bertz CT molecular complexity index is 963. The van der Waals surface area contributed by atoms with Crippen molar-refractivity contribution in [2.75, 3.05) is 18.4 Å². The van der Waals surface area contributed by atoms with E-state index in [-0.39, 0.29) is 11.7 Å². The number of rotatable bonds is 2. The van der Waals surface area contributed by atoms with Gasteiger partial charge in [0.05, 0.1) is 5.69 Å². The van der Waals surface area contributed by atoms with Gasteiger partial charge in [-0.3, -0.25) is 0 Å². The Morgan fingerprint density at radius 2 is 2.12 bits per heavy atom. The molecule has 0 radical (unpaired) electrons. The molecule has 2 amide bonds. The molecular formula is C19H17FN4O. The first-order chi connectivity index (χ1) is 12.2. The highest BCUT2D eigenvalue weighted by Crippen LogP contribution is 2.28. The molecule has 3 heterocycles. The van der Waals surface area contributed by atoms with Crippen molar-refractivity contribution in [1.82, 2.24) is 14.9 Å². The minimum Gasteiger partial charge on any atom is -0.346 e. The fraction of sp³-hybridized carbons (Fsp3) is 0.158. The maximum atomic E-state index is 13.7. The molecule has 126 valence electrons. The molecule has 4 rings (SSSR count). The van der Waals surface area contributed by atoms with Crippen LogP contribution in [0.15, 0.2) is 54.9 Å². The number of fused-ring (bicyclic) bond motifs is 1. The number of para-hydroxylation sites is 1. The molecule has 0 atom stereocenters. The minimum absolute atomic E-state index is 0.199. The molecule has 5 nitrogen and oxygen atoms in total. The standard InChI is InChI=1S/C19H17FN4O/c20-16-5-1-2-6-17(16)23-19(25)24-10-7-13(8-11-24)15-12-22-18-14(15)4-3-9-21-18/h1-7,9,12H,8,10-11H2,(H,21,22)(H,23,25). The Labute approximate surface area is 144 Å². The maximum Gasteiger partial charge on any atom is 0.322 e. The number of nitrogens with one attached hydrogen (secondary N) is 2. The molecule has 2 N–H and O–H groups in total. The smallest absolute Gasteiger partial charge is 0.322 e. The molecule has 0 spiro atoms. The van der Waals surface area contributed by atoms with E-state index in [1.807, 2.05) is 24.4 Å². The Morgan fingerprint density at radius 1 is 1.24 bits per heavy atom. The summed E-state index contributed by atoms with van der Waals surface area (Å²) in [5, 5.41) is 3.71. The highest BCUT2D eigenvalue weighted by Gasteiger charge is 2.20. The fourth-order valence-corrected chi connectivity index (χ4v) is 3.08. The number of carbonyl (C=O) groups is 1. The zero-order valence-electron chi connectivity index (χ0n) is 13.5. The lowest BCUT2D eigenvalue weighted by molar-refractivity contribution is 0.217. The predicted octanol–water partition coefficient (Wildman–Crippen LogP) is 4.02. The third-order valence-corrected chi connectivity index (χ3v) is 4.41. The van der Waals surface area contributed by atoms with E-state index in [9.17, 15) is 9.18 Å². The average molecular weight is 336 g/mol. The van der Waals surface area contributed by atoms with Crippen LogP contribution in [0, 0.1) is 5.82 Å². The van der Waals surface area contributed by atoms with Gasteiger partial charge in [-0.25, -0.2) is 14.2 Å². The van der Waals surface area contributed by atoms with Crippen LogP contribution in [-0.4, -0.2) is 34.0 Å². The normalized spacial score (nSPS) is 14.4. The van der Waals surface area contributed by atoms with E-state index in [1.165, 1.54) is 11.6 Å². The van der Waals surface area contributed by atoms with Crippen LogP contribution < -0.4 is 5.32 Å². The lowest BCUT2D eigenvalue weighted by Gasteiger charge is -2.26. The number of halogens is 1. The highest BCUT2D eigenvalue weighted by atomic mass is 19.1. The van der Waals surface area contributed by atoms with Crippen LogP contribution in [0.1, 0.15) is 12.0 Å². The number of benzene rings is 1. The second kappa shape index (κ2) is 6.39. The van der Waals surface area contributed by atoms with Crippen molar-refractivity contribution in [2.45, 2.75) is 6.42 Å². The van der Waals surface area contributed by atoms with Gasteiger partial charge in [-0.15, -0.1) is 0 Å². The van der Waals surface area contributed by atoms with E-state index in [1.54, 1.807) is 29.3 Å². The lowest BCUT2D eigenvalue weighted by atomic mass is 10.00. The molecule has 1 aromatic carbocycles. The molecule has 0 unspecified atom stereocenters. The van der Waals surface area contributed by atoms with Crippen LogP contribution in [0.2, 0.25) is 0 Å². The number of aromatic amines is 1. The van der Waals surface area contributed by atoms with Crippen LogP contribution in [-0.2, 0) is 0 Å². The molecule has 0 aliphatic carbocycles. The number of urea groups is 1. The summed E-state index contributed by atoms with van der Waals surface area (Å²) < 4.78 is 13.7. The van der Waals surface area contributed by atoms with Crippen LogP contribution in [0.5, 0.6) is 0 Å². The summed E-state index contributed by atoms with van der Waals surface area (Å²) >= 11 is 0. The molecule has 0 fully saturated rings. The second-order valence-corrected chi connectivity index (χ2v) is 5.94. The number of carbonyl (C=O) groups excluding carboxylic acids is 1. The third kappa shape index (κ3) is 2.98. The monoisotopic (exact) mass is 336 g/mol. The largest absolute Gasteiger partial charge is 0.346 e. The SMILES string of the molecule is O=C(Nc1ccccc1F)N1CC=C(c2c[nH]c3ncccc23)CC1. The first-order valence-corrected chi connectivity index (χ1v) is 8.14. The third-order valence-electron chi connectivity index (χ3n) is 4.41. The molecular weight excluding hydrogens is 319 g/mol. The Kier molecular flexibility index (Phi) is 3.93. The zero-order valence-corrected chi connectivity index (χ0v) is 13.5. The summed E-state index contributed by atoms with van der Waals surface area (Å²) in [6.45, 7) is 1.07. The van der Waals surface area contributed by atoms with E-state index in [4.69, 9.17) is 0 Å². The van der Waals surface area contributed by atoms with Crippen LogP contribution in [0.4, 0.5) is 14.9 Å². The van der Waals surface area contributed by atoms with E-state index >= 15 is 0 Å². The van der Waals surface area contributed by atoms with E-state index in [0.29, 0.717) is 13.1 Å². The minimum atomic E-state index is -0.435. The summed E-state index contributed by atoms with van der Waals surface area (Å²) in [6.07, 6.45) is 6.50. The highest BCUT2D eigenvalue weighted by molar-refractivity contribution is 5.93. The molecule has 1 aliphatic heterocycles. The molecule has 3 aromatic rings. The fourth-order valence-electron chi connectivity index (χ4n) is 3.08. The van der Waals surface area contributed by atoms with Crippen molar-refractivity contribution in [3.8, 4) is 0 Å². The number of nitrogens with zero attached hydrogens (tertiary/aromatic N) is 2. The van der Waals surface area contributed by atoms with Gasteiger partial charge in [0.2, 0.25) is 0 Å². The van der Waals surface area contributed by atoms with Gasteiger partial charge in [0.25, 0.3) is 0 Å². The van der Waals surface area contributed by atoms with Gasteiger partial charge >= 0.3 is 6.03 Å². The van der Waals surface area contributed by atoms with Crippen LogP contribution >= 0.6 is 0 Å². The topological polar surface area (TPSA) is 61.0 Å². The first-order valence-electron chi connectivity index (χ1n) is 8.14. The van der Waals surface area contributed by atoms with Crippen molar-refractivity contribution in [1.29, 1.82) is 0 Å². The van der Waals surface area contributed by atoms with Crippen molar-refractivity contribution < 1.29 is 9.18 Å². The van der Waals surface area contributed by atoms with Gasteiger partial charge in [0.15, 0.2) is 0 Å². The second-order valence-electron chi connectivity index (χ2n) is 5.94. The molecule has 6 heteroatoms. The van der Waals surface area contributed by atoms with Gasteiger partial charge in [-0.1, -0.05) is 18.2 Å². The van der Waals surface area contributed by atoms with Gasteiger partial charge in [0.1, 0.15) is 11.5 Å². The number of hydrogen-bond acceptors (Lipinski definition) is 2. The summed E-state index contributed by atoms with van der Waals surface area (Å²) in [4.78, 5) is 21.5. The van der Waals surface area contributed by atoms with Crippen LogP contribution in [0.25, 0.3) is 16.6 Å². The van der Waals surface area contributed by atoms with E-state index in [2.05, 4.69) is 15.3 Å².